The predicted molar refractivity (Wildman–Crippen MR) is 159 cm³/mol. The minimum Gasteiger partial charge on any atom is -0.437 e. The molecular formula is C32H36N6O2. The molecule has 2 aromatic carbocycles. The maximum absolute atomic E-state index is 12.8. The summed E-state index contributed by atoms with van der Waals surface area (Å²) in [5.74, 6) is 2.26. The lowest BCUT2D eigenvalue weighted by Gasteiger charge is -2.23. The fourth-order valence-corrected chi connectivity index (χ4v) is 5.53. The highest BCUT2D eigenvalue weighted by atomic mass is 16.5. The van der Waals surface area contributed by atoms with E-state index in [0.717, 1.165) is 65.6 Å². The van der Waals surface area contributed by atoms with Crippen molar-refractivity contribution < 1.29 is 9.53 Å². The van der Waals surface area contributed by atoms with E-state index in [4.69, 9.17) is 9.72 Å². The Kier molecular flexibility index (Phi) is 7.11. The first-order valence-electron chi connectivity index (χ1n) is 14.1. The summed E-state index contributed by atoms with van der Waals surface area (Å²) >= 11 is 0. The zero-order valence-electron chi connectivity index (χ0n) is 23.3. The third-order valence-electron chi connectivity index (χ3n) is 8.16. The molecule has 3 N–H and O–H groups in total. The summed E-state index contributed by atoms with van der Waals surface area (Å²) in [6.45, 7) is 8.40. The number of rotatable bonds is 8. The van der Waals surface area contributed by atoms with Crippen molar-refractivity contribution in [2.45, 2.75) is 52.5 Å². The van der Waals surface area contributed by atoms with Crippen LogP contribution in [0.1, 0.15) is 45.1 Å². The molecule has 0 radical (unpaired) electrons. The summed E-state index contributed by atoms with van der Waals surface area (Å²) in [6, 6.07) is 16.0. The van der Waals surface area contributed by atoms with Gasteiger partial charge in [-0.15, -0.1) is 0 Å². The first-order valence-corrected chi connectivity index (χ1v) is 14.1. The standard InChI is InChI=1S/C32H36N6O2/c1-20-11-12-23-24(8-4-10-26(23)37-28(39)17-21-18-32(21,2)3)29(20)40-30-25(9-6-15-34-30)27-13-16-35-31(38-27)36-22-7-5-14-33-19-22/h4,6,8-13,15-16,21-22,33H,5,7,14,17-19H2,1-3H3,(H,37,39)(H,35,36,38)/t21-,22-/m0/s1. The van der Waals surface area contributed by atoms with E-state index in [-0.39, 0.29) is 11.3 Å². The van der Waals surface area contributed by atoms with Gasteiger partial charge in [0, 0.05) is 47.9 Å². The van der Waals surface area contributed by atoms with Crippen LogP contribution in [-0.2, 0) is 4.79 Å². The van der Waals surface area contributed by atoms with Gasteiger partial charge in [-0.3, -0.25) is 4.79 Å². The van der Waals surface area contributed by atoms with E-state index in [1.54, 1.807) is 12.4 Å². The van der Waals surface area contributed by atoms with Crippen molar-refractivity contribution >= 4 is 28.3 Å². The van der Waals surface area contributed by atoms with Crippen molar-refractivity contribution in [2.24, 2.45) is 11.3 Å². The lowest BCUT2D eigenvalue weighted by Crippen LogP contribution is -2.38. The first kappa shape index (κ1) is 26.2. The van der Waals surface area contributed by atoms with Gasteiger partial charge in [0.2, 0.25) is 17.7 Å². The molecule has 2 aliphatic rings. The Morgan fingerprint density at radius 1 is 1.07 bits per heavy atom. The minimum absolute atomic E-state index is 0.0512. The zero-order valence-corrected chi connectivity index (χ0v) is 23.3. The Balaban J connectivity index is 1.28. The summed E-state index contributed by atoms with van der Waals surface area (Å²) in [5.41, 5.74) is 3.54. The quantitative estimate of drug-likeness (QED) is 0.242. The van der Waals surface area contributed by atoms with E-state index in [1.807, 2.05) is 55.5 Å². The number of carbonyl (C=O) groups is 1. The van der Waals surface area contributed by atoms with Gasteiger partial charge in [-0.25, -0.2) is 15.0 Å². The highest BCUT2D eigenvalue weighted by Crippen LogP contribution is 2.53. The minimum atomic E-state index is 0.0512. The molecule has 8 heteroatoms. The number of pyridine rings is 1. The highest BCUT2D eigenvalue weighted by molar-refractivity contribution is 6.04. The number of carbonyl (C=O) groups excluding carboxylic acids is 1. The molecule has 1 saturated heterocycles. The van der Waals surface area contributed by atoms with Gasteiger partial charge in [-0.05, 0) is 73.9 Å². The normalized spacial score (nSPS) is 19.7. The second kappa shape index (κ2) is 10.8. The van der Waals surface area contributed by atoms with Crippen molar-refractivity contribution in [3.63, 3.8) is 0 Å². The molecule has 8 nitrogen and oxygen atoms in total. The number of aromatic nitrogens is 3. The number of fused-ring (bicyclic) bond motifs is 1. The summed E-state index contributed by atoms with van der Waals surface area (Å²) in [4.78, 5) is 26.6. The maximum Gasteiger partial charge on any atom is 0.228 e. The number of hydrogen-bond acceptors (Lipinski definition) is 7. The number of amides is 1. The molecule has 1 amide bonds. The summed E-state index contributed by atoms with van der Waals surface area (Å²) in [6.07, 6.45) is 7.34. The van der Waals surface area contributed by atoms with Crippen molar-refractivity contribution in [1.82, 2.24) is 20.3 Å². The number of benzene rings is 2. The van der Waals surface area contributed by atoms with Crippen LogP contribution in [0.5, 0.6) is 11.6 Å². The molecule has 0 unspecified atom stereocenters. The topological polar surface area (TPSA) is 101 Å². The molecule has 1 saturated carbocycles. The number of hydrogen-bond donors (Lipinski definition) is 3. The number of piperidine rings is 1. The molecular weight excluding hydrogens is 500 g/mol. The number of nitrogens with zero attached hydrogens (tertiary/aromatic N) is 3. The van der Waals surface area contributed by atoms with Gasteiger partial charge in [0.1, 0.15) is 5.75 Å². The molecule has 40 heavy (non-hydrogen) atoms. The van der Waals surface area contributed by atoms with Crippen molar-refractivity contribution in [2.75, 3.05) is 23.7 Å². The highest BCUT2D eigenvalue weighted by Gasteiger charge is 2.46. The fourth-order valence-electron chi connectivity index (χ4n) is 5.53. The molecule has 6 rings (SSSR count). The molecule has 0 bridgehead atoms. The Hall–Kier alpha value is -4.04. The van der Waals surface area contributed by atoms with Crippen LogP contribution < -0.4 is 20.7 Å². The third-order valence-corrected chi connectivity index (χ3v) is 8.16. The van der Waals surface area contributed by atoms with E-state index >= 15 is 0 Å². The smallest absolute Gasteiger partial charge is 0.228 e. The summed E-state index contributed by atoms with van der Waals surface area (Å²) in [5, 5.41) is 11.9. The molecule has 1 aliphatic carbocycles. The van der Waals surface area contributed by atoms with Crippen LogP contribution in [-0.4, -0.2) is 40.0 Å². The molecule has 2 aromatic heterocycles. The Morgan fingerprint density at radius 3 is 2.75 bits per heavy atom. The Bertz CT molecular complexity index is 1550. The second-order valence-corrected chi connectivity index (χ2v) is 11.7. The first-order chi connectivity index (χ1) is 19.4. The lowest BCUT2D eigenvalue weighted by atomic mass is 10.0. The molecule has 3 heterocycles. The van der Waals surface area contributed by atoms with Crippen molar-refractivity contribution in [3.05, 3.63) is 66.5 Å². The molecule has 0 spiro atoms. The molecule has 206 valence electrons. The van der Waals surface area contributed by atoms with Crippen LogP contribution in [0, 0.1) is 18.3 Å². The van der Waals surface area contributed by atoms with E-state index in [0.29, 0.717) is 36.0 Å². The monoisotopic (exact) mass is 536 g/mol. The van der Waals surface area contributed by atoms with Gasteiger partial charge in [-0.1, -0.05) is 38.1 Å². The van der Waals surface area contributed by atoms with Crippen LogP contribution in [0.15, 0.2) is 60.9 Å². The molecule has 1 aliphatic heterocycles. The van der Waals surface area contributed by atoms with Gasteiger partial charge in [-0.2, -0.15) is 0 Å². The average molecular weight is 537 g/mol. The van der Waals surface area contributed by atoms with Gasteiger partial charge >= 0.3 is 0 Å². The van der Waals surface area contributed by atoms with Crippen LogP contribution in [0.3, 0.4) is 0 Å². The molecule has 4 aromatic rings. The molecule has 2 fully saturated rings. The zero-order chi connectivity index (χ0) is 27.7. The fraction of sp³-hybridized carbons (Fsp3) is 0.375. The number of ether oxygens (including phenoxy) is 1. The van der Waals surface area contributed by atoms with Crippen LogP contribution in [0.2, 0.25) is 0 Å². The largest absolute Gasteiger partial charge is 0.437 e. The van der Waals surface area contributed by atoms with Gasteiger partial charge in [0.25, 0.3) is 0 Å². The van der Waals surface area contributed by atoms with E-state index in [9.17, 15) is 4.79 Å². The predicted octanol–water partition coefficient (Wildman–Crippen LogP) is 6.33. The number of anilines is 2. The van der Waals surface area contributed by atoms with Gasteiger partial charge in [0.05, 0.1) is 11.3 Å². The van der Waals surface area contributed by atoms with Gasteiger partial charge < -0.3 is 20.7 Å². The summed E-state index contributed by atoms with van der Waals surface area (Å²) in [7, 11) is 0. The second-order valence-electron chi connectivity index (χ2n) is 11.7. The van der Waals surface area contributed by atoms with E-state index in [2.05, 4.69) is 39.8 Å². The number of aryl methyl sites for hydroxylation is 1. The van der Waals surface area contributed by atoms with Gasteiger partial charge in [0.15, 0.2) is 0 Å². The summed E-state index contributed by atoms with van der Waals surface area (Å²) < 4.78 is 6.55. The van der Waals surface area contributed by atoms with E-state index in [1.165, 1.54) is 0 Å². The lowest BCUT2D eigenvalue weighted by molar-refractivity contribution is -0.116. The van der Waals surface area contributed by atoms with Crippen LogP contribution in [0.4, 0.5) is 11.6 Å². The van der Waals surface area contributed by atoms with Crippen molar-refractivity contribution in [1.29, 1.82) is 0 Å². The van der Waals surface area contributed by atoms with Crippen LogP contribution in [0.25, 0.3) is 22.0 Å². The van der Waals surface area contributed by atoms with Crippen molar-refractivity contribution in [3.8, 4) is 22.9 Å². The third kappa shape index (κ3) is 5.63. The average Bonchev–Trinajstić information content (AvgIpc) is 3.56. The SMILES string of the molecule is Cc1ccc2c(NC(=O)C[C@H]3CC3(C)C)cccc2c1Oc1ncccc1-c1ccnc(N[C@H]2CCCNC2)n1. The van der Waals surface area contributed by atoms with Crippen LogP contribution >= 0.6 is 0 Å². The Labute approximate surface area is 235 Å². The number of nitrogens with one attached hydrogen (secondary N) is 3. The van der Waals surface area contributed by atoms with E-state index < -0.39 is 0 Å². The Morgan fingerprint density at radius 2 is 1.95 bits per heavy atom. The maximum atomic E-state index is 12.8. The molecule has 2 atom stereocenters.